The highest BCUT2D eigenvalue weighted by molar-refractivity contribution is 6.11. The second kappa shape index (κ2) is 5.09. The van der Waals surface area contributed by atoms with Crippen LogP contribution < -0.4 is 10.2 Å². The summed E-state index contributed by atoms with van der Waals surface area (Å²) in [5.74, 6) is -1.23. The molecule has 0 saturated carbocycles. The van der Waals surface area contributed by atoms with Gasteiger partial charge in [-0.15, -0.1) is 0 Å². The van der Waals surface area contributed by atoms with E-state index in [1.807, 2.05) is 0 Å². The number of fused-ring (bicyclic) bond motifs is 1. The van der Waals surface area contributed by atoms with E-state index in [2.05, 4.69) is 5.32 Å². The maximum atomic E-state index is 12.2. The number of esters is 1. The zero-order valence-corrected chi connectivity index (χ0v) is 10.7. The lowest BCUT2D eigenvalue weighted by molar-refractivity contribution is -0.151. The average molecular weight is 262 g/mol. The molecular formula is C13H14N2O4. The summed E-state index contributed by atoms with van der Waals surface area (Å²) in [5, 5.41) is 2.68. The zero-order valence-electron chi connectivity index (χ0n) is 10.7. The number of benzene rings is 1. The maximum Gasteiger partial charge on any atom is 0.303 e. The molecule has 6 nitrogen and oxygen atoms in total. The first-order chi connectivity index (χ1) is 8.99. The van der Waals surface area contributed by atoms with Gasteiger partial charge < -0.3 is 10.1 Å². The van der Waals surface area contributed by atoms with Crippen molar-refractivity contribution in [3.8, 4) is 0 Å². The summed E-state index contributed by atoms with van der Waals surface area (Å²) >= 11 is 0. The molecule has 1 N–H and O–H groups in total. The van der Waals surface area contributed by atoms with Crippen LogP contribution in [0.5, 0.6) is 0 Å². The lowest BCUT2D eigenvalue weighted by atomic mass is 10.1. The molecule has 0 aromatic heterocycles. The maximum absolute atomic E-state index is 12.2. The Bertz CT molecular complexity index is 541. The molecule has 1 aliphatic rings. The molecule has 0 radical (unpaired) electrons. The molecule has 1 atom stereocenters. The first kappa shape index (κ1) is 13.1. The van der Waals surface area contributed by atoms with Crippen molar-refractivity contribution in [1.82, 2.24) is 0 Å². The fourth-order valence-electron chi connectivity index (χ4n) is 1.95. The van der Waals surface area contributed by atoms with Gasteiger partial charge in [0.05, 0.1) is 11.4 Å². The Morgan fingerprint density at radius 3 is 2.74 bits per heavy atom. The largest absolute Gasteiger partial charge is 0.453 e. The predicted octanol–water partition coefficient (Wildman–Crippen LogP) is 0.923. The highest BCUT2D eigenvalue weighted by atomic mass is 16.5. The van der Waals surface area contributed by atoms with Gasteiger partial charge in [-0.25, -0.2) is 0 Å². The van der Waals surface area contributed by atoms with Crippen molar-refractivity contribution in [2.75, 3.05) is 16.8 Å². The normalized spacial score (nSPS) is 15.3. The Kier molecular flexibility index (Phi) is 3.50. The lowest BCUT2D eigenvalue weighted by Crippen LogP contribution is -2.46. The molecular weight excluding hydrogens is 248 g/mol. The van der Waals surface area contributed by atoms with E-state index in [0.717, 1.165) is 0 Å². The molecule has 0 unspecified atom stereocenters. The van der Waals surface area contributed by atoms with E-state index in [1.54, 1.807) is 24.3 Å². The molecule has 1 aromatic carbocycles. The second-order valence-electron chi connectivity index (χ2n) is 4.24. The van der Waals surface area contributed by atoms with Crippen molar-refractivity contribution in [1.29, 1.82) is 0 Å². The third-order valence-electron chi connectivity index (χ3n) is 2.73. The first-order valence-electron chi connectivity index (χ1n) is 5.86. The smallest absolute Gasteiger partial charge is 0.303 e. The molecule has 0 fully saturated rings. The standard InChI is InChI=1S/C13H14N2O4/c1-8(19-9(2)16)13(18)15-7-12(17)14-10-5-3-4-6-11(10)15/h3-6,8H,7H2,1-2H3,(H,14,17)/t8-/m0/s1. The van der Waals surface area contributed by atoms with E-state index in [4.69, 9.17) is 4.74 Å². The molecule has 0 spiro atoms. The van der Waals surface area contributed by atoms with E-state index >= 15 is 0 Å². The Hall–Kier alpha value is -2.37. The van der Waals surface area contributed by atoms with Crippen LogP contribution in [0.4, 0.5) is 11.4 Å². The number of para-hydroxylation sites is 2. The van der Waals surface area contributed by atoms with Crippen molar-refractivity contribution in [3.63, 3.8) is 0 Å². The third kappa shape index (κ3) is 2.73. The van der Waals surface area contributed by atoms with Crippen molar-refractivity contribution in [3.05, 3.63) is 24.3 Å². The summed E-state index contributed by atoms with van der Waals surface area (Å²) in [4.78, 5) is 36.0. The van der Waals surface area contributed by atoms with Crippen LogP contribution in [0.2, 0.25) is 0 Å². The summed E-state index contributed by atoms with van der Waals surface area (Å²) in [6, 6.07) is 6.98. The highest BCUT2D eigenvalue weighted by Crippen LogP contribution is 2.29. The fourth-order valence-corrected chi connectivity index (χ4v) is 1.95. The number of nitrogens with one attached hydrogen (secondary N) is 1. The van der Waals surface area contributed by atoms with Crippen molar-refractivity contribution in [2.45, 2.75) is 20.0 Å². The van der Waals surface area contributed by atoms with E-state index in [1.165, 1.54) is 18.7 Å². The number of hydrogen-bond donors (Lipinski definition) is 1. The zero-order chi connectivity index (χ0) is 14.0. The number of anilines is 2. The van der Waals surface area contributed by atoms with E-state index in [0.29, 0.717) is 11.4 Å². The van der Waals surface area contributed by atoms with Crippen LogP contribution >= 0.6 is 0 Å². The van der Waals surface area contributed by atoms with Crippen LogP contribution in [-0.4, -0.2) is 30.4 Å². The van der Waals surface area contributed by atoms with Crippen LogP contribution in [0, 0.1) is 0 Å². The number of rotatable bonds is 2. The quantitative estimate of drug-likeness (QED) is 0.804. The van der Waals surface area contributed by atoms with Crippen LogP contribution in [0.15, 0.2) is 24.3 Å². The average Bonchev–Trinajstić information content (AvgIpc) is 2.36. The number of carbonyl (C=O) groups is 3. The second-order valence-corrected chi connectivity index (χ2v) is 4.24. The van der Waals surface area contributed by atoms with Crippen LogP contribution in [-0.2, 0) is 19.1 Å². The minimum absolute atomic E-state index is 0.0819. The molecule has 0 saturated heterocycles. The summed E-state index contributed by atoms with van der Waals surface area (Å²) < 4.78 is 4.85. The van der Waals surface area contributed by atoms with Gasteiger partial charge in [0.2, 0.25) is 5.91 Å². The Morgan fingerprint density at radius 1 is 1.37 bits per heavy atom. The van der Waals surface area contributed by atoms with Gasteiger partial charge in [-0.1, -0.05) is 12.1 Å². The monoisotopic (exact) mass is 262 g/mol. The van der Waals surface area contributed by atoms with Crippen molar-refractivity contribution < 1.29 is 19.1 Å². The third-order valence-corrected chi connectivity index (χ3v) is 2.73. The summed E-state index contributed by atoms with van der Waals surface area (Å²) in [5.41, 5.74) is 1.17. The molecule has 0 bridgehead atoms. The molecule has 1 heterocycles. The van der Waals surface area contributed by atoms with Crippen LogP contribution in [0.3, 0.4) is 0 Å². The van der Waals surface area contributed by atoms with Gasteiger partial charge in [0.25, 0.3) is 5.91 Å². The summed E-state index contributed by atoms with van der Waals surface area (Å²) in [6.45, 7) is 2.64. The number of amides is 2. The summed E-state index contributed by atoms with van der Waals surface area (Å²) in [7, 11) is 0. The highest BCUT2D eigenvalue weighted by Gasteiger charge is 2.30. The Labute approximate surface area is 110 Å². The minimum Gasteiger partial charge on any atom is -0.453 e. The van der Waals surface area contributed by atoms with Crippen molar-refractivity contribution >= 4 is 29.2 Å². The molecule has 2 rings (SSSR count). The number of ether oxygens (including phenoxy) is 1. The number of carbonyl (C=O) groups excluding carboxylic acids is 3. The Morgan fingerprint density at radius 2 is 2.05 bits per heavy atom. The lowest BCUT2D eigenvalue weighted by Gasteiger charge is -2.30. The Balaban J connectivity index is 2.27. The van der Waals surface area contributed by atoms with Gasteiger partial charge in [0.15, 0.2) is 6.10 Å². The van der Waals surface area contributed by atoms with Crippen molar-refractivity contribution in [2.24, 2.45) is 0 Å². The van der Waals surface area contributed by atoms with Gasteiger partial charge >= 0.3 is 5.97 Å². The summed E-state index contributed by atoms with van der Waals surface area (Å²) in [6.07, 6.45) is -0.920. The molecule has 0 aliphatic carbocycles. The molecule has 100 valence electrons. The van der Waals surface area contributed by atoms with E-state index < -0.39 is 18.0 Å². The number of hydrogen-bond acceptors (Lipinski definition) is 4. The molecule has 6 heteroatoms. The minimum atomic E-state index is -0.920. The van der Waals surface area contributed by atoms with Gasteiger partial charge in [-0.2, -0.15) is 0 Å². The molecule has 19 heavy (non-hydrogen) atoms. The van der Waals surface area contributed by atoms with Gasteiger partial charge in [-0.05, 0) is 19.1 Å². The topological polar surface area (TPSA) is 75.7 Å². The number of nitrogens with zero attached hydrogens (tertiary/aromatic N) is 1. The SMILES string of the molecule is CC(=O)O[C@@H](C)C(=O)N1CC(=O)Nc2ccccc21. The molecule has 1 aromatic rings. The fraction of sp³-hybridized carbons (Fsp3) is 0.308. The van der Waals surface area contributed by atoms with Gasteiger partial charge in [0.1, 0.15) is 6.54 Å². The van der Waals surface area contributed by atoms with Crippen LogP contribution in [0.1, 0.15) is 13.8 Å². The molecule has 2 amide bonds. The van der Waals surface area contributed by atoms with E-state index in [-0.39, 0.29) is 12.5 Å². The van der Waals surface area contributed by atoms with E-state index in [9.17, 15) is 14.4 Å². The van der Waals surface area contributed by atoms with Crippen LogP contribution in [0.25, 0.3) is 0 Å². The van der Waals surface area contributed by atoms with Gasteiger partial charge in [-0.3, -0.25) is 19.3 Å². The predicted molar refractivity (Wildman–Crippen MR) is 68.7 cm³/mol. The molecule has 1 aliphatic heterocycles. The van der Waals surface area contributed by atoms with Gasteiger partial charge in [0, 0.05) is 6.92 Å². The first-order valence-corrected chi connectivity index (χ1v) is 5.86.